The molecule has 0 spiro atoms. The first-order valence-electron chi connectivity index (χ1n) is 11.2. The number of rotatable bonds is 6. The van der Waals surface area contributed by atoms with Crippen molar-refractivity contribution in [2.24, 2.45) is 0 Å². The number of nitrogens with one attached hydrogen (secondary N) is 1. The Labute approximate surface area is 191 Å². The molecule has 3 amide bonds. The number of carbonyl (C=O) groups is 4. The maximum absolute atomic E-state index is 14.5. The number of alkyl halides is 2. The highest BCUT2D eigenvalue weighted by molar-refractivity contribution is 6.30. The number of ketones is 1. The summed E-state index contributed by atoms with van der Waals surface area (Å²) in [7, 11) is 0. The van der Waals surface area contributed by atoms with Gasteiger partial charge in [0.25, 0.3) is 5.91 Å². The smallest absolute Gasteiger partial charge is 0.322 e. The molecule has 1 saturated heterocycles. The predicted molar refractivity (Wildman–Crippen MR) is 111 cm³/mol. The van der Waals surface area contributed by atoms with E-state index in [1.165, 1.54) is 30.3 Å². The molecule has 0 radical (unpaired) electrons. The Balaban J connectivity index is 1.49. The van der Waals surface area contributed by atoms with E-state index in [-0.39, 0.29) is 23.6 Å². The second-order valence-corrected chi connectivity index (χ2v) is 7.91. The zero-order valence-electron chi connectivity index (χ0n) is 19.6. The van der Waals surface area contributed by atoms with Gasteiger partial charge in [0.15, 0.2) is 0 Å². The zero-order valence-corrected chi connectivity index (χ0v) is 17.3. The first kappa shape index (κ1) is 18.4. The van der Waals surface area contributed by atoms with Gasteiger partial charge in [-0.3, -0.25) is 24.5 Å². The minimum Gasteiger partial charge on any atom is -0.322 e. The van der Waals surface area contributed by atoms with Gasteiger partial charge in [0.2, 0.25) is 17.6 Å². The van der Waals surface area contributed by atoms with Crippen LogP contribution in [-0.2, 0) is 33.3 Å². The van der Waals surface area contributed by atoms with Gasteiger partial charge in [-0.05, 0) is 42.2 Å². The average molecular weight is 464 g/mol. The standard InChI is InChI=1S/C23H19ClF2N2O4/c24-16-5-3-15(4-6-16)23(25,26)19(29)9-2-13-1-7-17-14(11-13)12-28(22(17)32)18-8-10-20(30)27-21(18)31/h1,3-7,11,18H,2,8-10,12H2,(H,27,30,31)/t18-/m1/s1/i10D2,18D. The number of Topliss-reactive ketones (excluding diaryl/α,β-unsaturated/α-hetero) is 1. The summed E-state index contributed by atoms with van der Waals surface area (Å²) >= 11 is 5.71. The summed E-state index contributed by atoms with van der Waals surface area (Å²) in [5.74, 6) is -7.94. The molecule has 9 heteroatoms. The van der Waals surface area contributed by atoms with E-state index in [0.717, 1.165) is 17.0 Å². The monoisotopic (exact) mass is 463 g/mol. The van der Waals surface area contributed by atoms with E-state index >= 15 is 0 Å². The summed E-state index contributed by atoms with van der Waals surface area (Å²) in [5, 5.41) is 2.07. The Hall–Kier alpha value is -3.13. The van der Waals surface area contributed by atoms with E-state index in [1.807, 2.05) is 5.32 Å². The topological polar surface area (TPSA) is 83.6 Å². The highest BCUT2D eigenvalue weighted by atomic mass is 35.5. The van der Waals surface area contributed by atoms with E-state index < -0.39 is 60.2 Å². The van der Waals surface area contributed by atoms with Gasteiger partial charge in [0.05, 0.1) is 1.37 Å². The highest BCUT2D eigenvalue weighted by Crippen LogP contribution is 2.32. The molecule has 0 bridgehead atoms. The van der Waals surface area contributed by atoms with Crippen LogP contribution in [0.4, 0.5) is 8.78 Å². The fourth-order valence-electron chi connectivity index (χ4n) is 3.66. The third-order valence-corrected chi connectivity index (χ3v) is 5.65. The molecule has 2 aromatic rings. The van der Waals surface area contributed by atoms with Crippen molar-refractivity contribution in [2.75, 3.05) is 0 Å². The van der Waals surface area contributed by atoms with Crippen LogP contribution in [0.2, 0.25) is 5.02 Å². The number of imide groups is 1. The van der Waals surface area contributed by atoms with Crippen LogP contribution in [0.25, 0.3) is 0 Å². The average Bonchev–Trinajstić information content (AvgIpc) is 3.12. The molecule has 0 unspecified atom stereocenters. The van der Waals surface area contributed by atoms with Crippen LogP contribution >= 0.6 is 11.6 Å². The molecule has 32 heavy (non-hydrogen) atoms. The van der Waals surface area contributed by atoms with E-state index in [1.54, 1.807) is 0 Å². The van der Waals surface area contributed by atoms with Gasteiger partial charge in [0.1, 0.15) is 6.02 Å². The molecule has 2 aromatic carbocycles. The van der Waals surface area contributed by atoms with Crippen molar-refractivity contribution < 1.29 is 32.1 Å². The SMILES string of the molecule is [2H]C1([2H])C[C@@]([2H])(N2Cc3cc(CCC(=O)C(F)(F)c4ccc(Cl)cc4)ccc3C2=O)C(=O)NC1=O. The molecule has 0 saturated carbocycles. The third-order valence-electron chi connectivity index (χ3n) is 5.40. The molecular formula is C23H19ClF2N2O4. The van der Waals surface area contributed by atoms with Crippen LogP contribution in [0.5, 0.6) is 0 Å². The molecule has 2 aliphatic heterocycles. The first-order chi connectivity index (χ1) is 16.3. The lowest BCUT2D eigenvalue weighted by molar-refractivity contribution is -0.144. The summed E-state index contributed by atoms with van der Waals surface area (Å²) in [6, 6.07) is 6.82. The molecule has 6 nitrogen and oxygen atoms in total. The number of hydrogen-bond acceptors (Lipinski definition) is 4. The van der Waals surface area contributed by atoms with Crippen molar-refractivity contribution in [2.45, 2.75) is 44.1 Å². The van der Waals surface area contributed by atoms with E-state index in [0.29, 0.717) is 11.1 Å². The number of aryl methyl sites for hydroxylation is 1. The number of benzene rings is 2. The van der Waals surface area contributed by atoms with Gasteiger partial charge >= 0.3 is 5.92 Å². The summed E-state index contributed by atoms with van der Waals surface area (Å²) in [6.45, 7) is -0.210. The highest BCUT2D eigenvalue weighted by Gasteiger charge is 2.41. The molecule has 0 aliphatic carbocycles. The van der Waals surface area contributed by atoms with Gasteiger partial charge in [-0.2, -0.15) is 8.78 Å². The Morgan fingerprint density at radius 1 is 1.22 bits per heavy atom. The number of nitrogens with zero attached hydrogens (tertiary/aromatic N) is 1. The van der Waals surface area contributed by atoms with Crippen molar-refractivity contribution in [1.82, 2.24) is 10.2 Å². The number of amides is 3. The molecule has 1 atom stereocenters. The van der Waals surface area contributed by atoms with Crippen molar-refractivity contribution in [3.8, 4) is 0 Å². The number of halogens is 3. The van der Waals surface area contributed by atoms with Crippen molar-refractivity contribution >= 4 is 35.1 Å². The van der Waals surface area contributed by atoms with Crippen molar-refractivity contribution in [3.05, 3.63) is 69.7 Å². The molecule has 4 rings (SSSR count). The number of piperidine rings is 1. The molecule has 2 heterocycles. The first-order valence-corrected chi connectivity index (χ1v) is 10.1. The second-order valence-electron chi connectivity index (χ2n) is 7.47. The number of carbonyl (C=O) groups excluding carboxylic acids is 4. The van der Waals surface area contributed by atoms with Crippen LogP contribution in [0, 0.1) is 0 Å². The lowest BCUT2D eigenvalue weighted by Gasteiger charge is -2.29. The van der Waals surface area contributed by atoms with Gasteiger partial charge in [0, 0.05) is 38.2 Å². The fraction of sp³-hybridized carbons (Fsp3) is 0.304. The quantitative estimate of drug-likeness (QED) is 0.665. The van der Waals surface area contributed by atoms with Gasteiger partial charge in [-0.15, -0.1) is 0 Å². The summed E-state index contributed by atoms with van der Waals surface area (Å²) in [5.41, 5.74) is 0.605. The predicted octanol–water partition coefficient (Wildman–Crippen LogP) is 3.39. The van der Waals surface area contributed by atoms with Crippen LogP contribution in [0.3, 0.4) is 0 Å². The normalized spacial score (nSPS) is 23.8. The lowest BCUT2D eigenvalue weighted by Crippen LogP contribution is -2.52. The Bertz CT molecular complexity index is 1260. The van der Waals surface area contributed by atoms with Crippen LogP contribution in [-0.4, -0.2) is 34.4 Å². The fourth-order valence-corrected chi connectivity index (χ4v) is 3.79. The van der Waals surface area contributed by atoms with E-state index in [4.69, 9.17) is 15.7 Å². The minimum atomic E-state index is -3.70. The van der Waals surface area contributed by atoms with Crippen LogP contribution in [0.15, 0.2) is 42.5 Å². The maximum Gasteiger partial charge on any atom is 0.330 e. The van der Waals surface area contributed by atoms with Crippen LogP contribution in [0.1, 0.15) is 50.4 Å². The van der Waals surface area contributed by atoms with Crippen LogP contribution < -0.4 is 5.32 Å². The molecule has 1 fully saturated rings. The minimum absolute atomic E-state index is 0.0347. The summed E-state index contributed by atoms with van der Waals surface area (Å²) < 4.78 is 53.1. The zero-order chi connectivity index (χ0) is 25.8. The lowest BCUT2D eigenvalue weighted by atomic mass is 9.97. The Morgan fingerprint density at radius 3 is 2.66 bits per heavy atom. The van der Waals surface area contributed by atoms with E-state index in [2.05, 4.69) is 0 Å². The molecule has 1 N–H and O–H groups in total. The largest absolute Gasteiger partial charge is 0.330 e. The molecule has 2 aliphatic rings. The van der Waals surface area contributed by atoms with Crippen molar-refractivity contribution in [1.29, 1.82) is 0 Å². The van der Waals surface area contributed by atoms with E-state index in [9.17, 15) is 28.0 Å². The van der Waals surface area contributed by atoms with Gasteiger partial charge < -0.3 is 4.90 Å². The second kappa shape index (κ2) is 8.43. The van der Waals surface area contributed by atoms with Crippen molar-refractivity contribution in [3.63, 3.8) is 0 Å². The van der Waals surface area contributed by atoms with Gasteiger partial charge in [-0.1, -0.05) is 35.9 Å². The Morgan fingerprint density at radius 2 is 1.94 bits per heavy atom. The molecular weight excluding hydrogens is 442 g/mol. The maximum atomic E-state index is 14.5. The summed E-state index contributed by atoms with van der Waals surface area (Å²) in [4.78, 5) is 50.1. The Kier molecular flexibility index (Phi) is 4.86. The number of hydrogen-bond donors (Lipinski definition) is 1. The summed E-state index contributed by atoms with van der Waals surface area (Å²) in [6.07, 6.45) is -3.86. The van der Waals surface area contributed by atoms with Gasteiger partial charge in [-0.25, -0.2) is 0 Å². The molecule has 166 valence electrons. The number of fused-ring (bicyclic) bond motifs is 1. The third kappa shape index (κ3) is 4.14. The molecule has 0 aromatic heterocycles.